The average molecular weight is 548 g/mol. The summed E-state index contributed by atoms with van der Waals surface area (Å²) >= 11 is 0. The van der Waals surface area contributed by atoms with Crippen LogP contribution < -0.4 is 4.74 Å². The molecule has 0 radical (unpaired) electrons. The number of hydrogen-bond donors (Lipinski definition) is 0. The molecule has 0 spiro atoms. The maximum Gasteiger partial charge on any atom is 0.311 e. The van der Waals surface area contributed by atoms with Crippen LogP contribution in [0.4, 0.5) is 0 Å². The second-order valence-corrected chi connectivity index (χ2v) is 12.1. The number of aryl methyl sites for hydroxylation is 1. The first-order chi connectivity index (χ1) is 18.5. The van der Waals surface area contributed by atoms with Crippen molar-refractivity contribution in [2.75, 3.05) is 6.61 Å². The molecule has 3 aliphatic carbocycles. The third-order valence-electron chi connectivity index (χ3n) is 7.84. The Labute approximate surface area is 228 Å². The minimum atomic E-state index is -4.67. The number of esters is 2. The second-order valence-electron chi connectivity index (χ2n) is 10.7. The molecule has 7 nitrogen and oxygen atoms in total. The summed E-state index contributed by atoms with van der Waals surface area (Å²) in [4.78, 5) is 24.8. The third kappa shape index (κ3) is 5.36. The number of ether oxygens (including phenoxy) is 2. The Hall–Kier alpha value is -3.49. The van der Waals surface area contributed by atoms with Crippen molar-refractivity contribution < 1.29 is 32.0 Å². The van der Waals surface area contributed by atoms with E-state index in [2.05, 4.69) is 48.5 Å². The first-order valence-electron chi connectivity index (χ1n) is 13.2. The summed E-state index contributed by atoms with van der Waals surface area (Å²) in [6, 6.07) is 19.6. The van der Waals surface area contributed by atoms with Gasteiger partial charge in [-0.05, 0) is 64.8 Å². The second kappa shape index (κ2) is 10.6. The smallest absolute Gasteiger partial charge is 0.311 e. The number of rotatable bonds is 8. The minimum absolute atomic E-state index is 0.129. The topological polar surface area (TPSA) is 110 Å². The summed E-state index contributed by atoms with van der Waals surface area (Å²) in [5.74, 6) is -0.610. The quantitative estimate of drug-likeness (QED) is 0.207. The van der Waals surface area contributed by atoms with E-state index in [4.69, 9.17) is 9.47 Å². The molecule has 1 atom stereocenters. The molecule has 0 fully saturated rings. The van der Waals surface area contributed by atoms with Crippen molar-refractivity contribution in [1.82, 2.24) is 0 Å². The Balaban J connectivity index is 1.20. The van der Waals surface area contributed by atoms with Crippen molar-refractivity contribution in [3.05, 3.63) is 94.0 Å². The highest BCUT2D eigenvalue weighted by molar-refractivity contribution is 7.85. The van der Waals surface area contributed by atoms with Crippen LogP contribution in [0.2, 0.25) is 0 Å². The van der Waals surface area contributed by atoms with E-state index in [9.17, 15) is 22.6 Å². The lowest BCUT2D eigenvalue weighted by Gasteiger charge is -2.45. The van der Waals surface area contributed by atoms with Gasteiger partial charge < -0.3 is 14.0 Å². The Kier molecular flexibility index (Phi) is 7.35. The van der Waals surface area contributed by atoms with Crippen LogP contribution in [-0.4, -0.2) is 31.5 Å². The summed E-state index contributed by atoms with van der Waals surface area (Å²) in [7, 11) is -4.67. The first-order valence-corrected chi connectivity index (χ1v) is 14.6. The van der Waals surface area contributed by atoms with Crippen LogP contribution in [0.1, 0.15) is 84.2 Å². The summed E-state index contributed by atoms with van der Waals surface area (Å²) in [6.07, 6.45) is 0.593. The zero-order valence-electron chi connectivity index (χ0n) is 22.2. The van der Waals surface area contributed by atoms with Gasteiger partial charge in [-0.3, -0.25) is 9.59 Å². The van der Waals surface area contributed by atoms with E-state index in [0.29, 0.717) is 5.56 Å². The molecule has 3 aromatic carbocycles. The van der Waals surface area contributed by atoms with Crippen LogP contribution in [0.25, 0.3) is 0 Å². The molecule has 0 saturated carbocycles. The molecule has 3 aromatic rings. The van der Waals surface area contributed by atoms with E-state index < -0.39 is 22.1 Å². The van der Waals surface area contributed by atoms with Crippen LogP contribution in [-0.2, 0) is 24.4 Å². The van der Waals surface area contributed by atoms with Gasteiger partial charge in [0.1, 0.15) is 15.9 Å². The van der Waals surface area contributed by atoms with Crippen LogP contribution >= 0.6 is 0 Å². The molecule has 39 heavy (non-hydrogen) atoms. The molecule has 1 unspecified atom stereocenters. The number of benzene rings is 3. The normalized spacial score (nSPS) is 19.4. The Bertz CT molecular complexity index is 1490. The summed E-state index contributed by atoms with van der Waals surface area (Å²) < 4.78 is 46.0. The van der Waals surface area contributed by atoms with E-state index in [1.54, 1.807) is 20.8 Å². The summed E-state index contributed by atoms with van der Waals surface area (Å²) in [5, 5.41) is 0. The van der Waals surface area contributed by atoms with Gasteiger partial charge in [0, 0.05) is 17.8 Å². The molecular formula is C31H31O7S-. The van der Waals surface area contributed by atoms with Gasteiger partial charge in [-0.2, -0.15) is 0 Å². The Morgan fingerprint density at radius 3 is 2.05 bits per heavy atom. The first kappa shape index (κ1) is 27.1. The number of carbonyl (C=O) groups excluding carboxylic acids is 2. The van der Waals surface area contributed by atoms with Crippen molar-refractivity contribution >= 4 is 22.1 Å². The maximum atomic E-state index is 12.6. The Morgan fingerprint density at radius 1 is 0.923 bits per heavy atom. The molecule has 0 aromatic heterocycles. The third-order valence-corrected chi connectivity index (χ3v) is 8.73. The van der Waals surface area contributed by atoms with Crippen molar-refractivity contribution in [3.8, 4) is 5.75 Å². The average Bonchev–Trinajstić information content (AvgIpc) is 2.91. The van der Waals surface area contributed by atoms with Gasteiger partial charge in [0.2, 0.25) is 0 Å². The molecule has 204 valence electrons. The molecule has 0 N–H and O–H groups in total. The van der Waals surface area contributed by atoms with Gasteiger partial charge in [-0.15, -0.1) is 0 Å². The Morgan fingerprint density at radius 2 is 1.49 bits per heavy atom. The molecule has 0 saturated heterocycles. The highest BCUT2D eigenvalue weighted by Gasteiger charge is 2.43. The lowest BCUT2D eigenvalue weighted by atomic mass is 9.59. The predicted octanol–water partition coefficient (Wildman–Crippen LogP) is 5.55. The van der Waals surface area contributed by atoms with Crippen molar-refractivity contribution in [2.45, 2.75) is 62.7 Å². The fraction of sp³-hybridized carbons (Fsp3) is 0.355. The van der Waals surface area contributed by atoms with E-state index in [1.807, 2.05) is 0 Å². The maximum absolute atomic E-state index is 12.6. The van der Waals surface area contributed by atoms with E-state index in [-0.39, 0.29) is 59.3 Å². The zero-order valence-corrected chi connectivity index (χ0v) is 23.0. The van der Waals surface area contributed by atoms with E-state index in [1.165, 1.54) is 34.4 Å². The summed E-state index contributed by atoms with van der Waals surface area (Å²) in [6.45, 7) is 5.33. The molecule has 8 heteroatoms. The molecular weight excluding hydrogens is 516 g/mol. The van der Waals surface area contributed by atoms with Gasteiger partial charge >= 0.3 is 11.9 Å². The van der Waals surface area contributed by atoms with Crippen LogP contribution in [0.15, 0.2) is 65.6 Å². The van der Waals surface area contributed by atoms with Gasteiger partial charge in [-0.25, -0.2) is 8.42 Å². The van der Waals surface area contributed by atoms with Crippen molar-refractivity contribution in [3.63, 3.8) is 0 Å². The zero-order chi connectivity index (χ0) is 27.9. The highest BCUT2D eigenvalue weighted by atomic mass is 32.2. The largest absolute Gasteiger partial charge is 0.744 e. The number of fused-ring (bicyclic) bond motifs is 1. The van der Waals surface area contributed by atoms with Crippen molar-refractivity contribution in [2.24, 2.45) is 5.92 Å². The van der Waals surface area contributed by atoms with Gasteiger partial charge in [0.05, 0.1) is 24.3 Å². The van der Waals surface area contributed by atoms with E-state index >= 15 is 0 Å². The van der Waals surface area contributed by atoms with E-state index in [0.717, 1.165) is 6.42 Å². The minimum Gasteiger partial charge on any atom is -0.744 e. The van der Waals surface area contributed by atoms with Crippen LogP contribution in [0.3, 0.4) is 0 Å². The molecule has 3 aliphatic rings. The highest BCUT2D eigenvalue weighted by Crippen LogP contribution is 2.55. The van der Waals surface area contributed by atoms with Crippen LogP contribution in [0.5, 0.6) is 5.75 Å². The fourth-order valence-corrected chi connectivity index (χ4v) is 6.93. The van der Waals surface area contributed by atoms with Gasteiger partial charge in [0.25, 0.3) is 0 Å². The molecule has 2 bridgehead atoms. The fourth-order valence-electron chi connectivity index (χ4n) is 6.03. The summed E-state index contributed by atoms with van der Waals surface area (Å²) in [5.41, 5.74) is 5.92. The number of carbonyl (C=O) groups is 2. The standard InChI is InChI=1S/C31H32O7S/c1-18(2)25-16-27(19(3)14-28(25)39(34,35)36)38-30(33)13-12-29(32)37-17-20-15-26-21-8-4-6-10-23(21)31(20)24-11-7-5-9-22(24)26/h4-11,14,16,18,20,26,31H,12-13,15,17H2,1-3H3,(H,34,35,36)/p-1. The van der Waals surface area contributed by atoms with Gasteiger partial charge in [-0.1, -0.05) is 62.4 Å². The SMILES string of the molecule is Cc1cc(S(=O)(=O)[O-])c(C(C)C)cc1OC(=O)CCC(=O)OCC1CC2c3ccccc3C1c1ccccc12. The molecule has 0 heterocycles. The van der Waals surface area contributed by atoms with Gasteiger partial charge in [0.15, 0.2) is 0 Å². The van der Waals surface area contributed by atoms with Crippen LogP contribution in [0, 0.1) is 12.8 Å². The monoisotopic (exact) mass is 547 g/mol. The molecule has 6 rings (SSSR count). The lowest BCUT2D eigenvalue weighted by molar-refractivity contribution is -0.148. The molecule has 0 amide bonds. The number of hydrogen-bond acceptors (Lipinski definition) is 7. The lowest BCUT2D eigenvalue weighted by Crippen LogP contribution is -2.35. The molecule has 0 aliphatic heterocycles. The van der Waals surface area contributed by atoms with Crippen molar-refractivity contribution in [1.29, 1.82) is 0 Å². The predicted molar refractivity (Wildman–Crippen MR) is 144 cm³/mol.